The minimum Gasteiger partial charge on any atom is -0.488 e. The second-order valence-corrected chi connectivity index (χ2v) is 13.1. The molecule has 2 heterocycles. The molecule has 1 saturated heterocycles. The number of hydrogen-bond donors (Lipinski definition) is 0. The molecule has 9 heteroatoms. The smallest absolute Gasteiger partial charge is 0.235 e. The Balaban J connectivity index is 1.47. The van der Waals surface area contributed by atoms with Crippen LogP contribution in [0.15, 0.2) is 105 Å². The summed E-state index contributed by atoms with van der Waals surface area (Å²) < 4.78 is 46.4. The maximum Gasteiger partial charge on any atom is 0.235 e. The first kappa shape index (κ1) is 28.1. The number of anilines is 1. The Morgan fingerprint density at radius 1 is 0.881 bits per heavy atom. The van der Waals surface area contributed by atoms with E-state index in [4.69, 9.17) is 13.9 Å². The van der Waals surface area contributed by atoms with Crippen LogP contribution in [0.25, 0.3) is 22.3 Å². The van der Waals surface area contributed by atoms with E-state index in [0.717, 1.165) is 16.7 Å². The Morgan fingerprint density at radius 3 is 2.17 bits per heavy atom. The zero-order chi connectivity index (χ0) is 29.3. The predicted molar refractivity (Wildman–Crippen MR) is 168 cm³/mol. The number of benzene rings is 4. The van der Waals surface area contributed by atoms with Crippen molar-refractivity contribution in [1.82, 2.24) is 0 Å². The minimum atomic E-state index is -3.52. The van der Waals surface area contributed by atoms with Gasteiger partial charge in [-0.2, -0.15) is 0 Å². The van der Waals surface area contributed by atoms with E-state index in [9.17, 15) is 13.2 Å². The van der Waals surface area contributed by atoms with E-state index in [0.29, 0.717) is 41.0 Å². The second kappa shape index (κ2) is 11.7. The van der Waals surface area contributed by atoms with Gasteiger partial charge in [-0.1, -0.05) is 60.7 Å². The largest absolute Gasteiger partial charge is 0.488 e. The number of sulfonamides is 1. The summed E-state index contributed by atoms with van der Waals surface area (Å²) in [5.74, 6) is 0.935. The van der Waals surface area contributed by atoms with Crippen molar-refractivity contribution in [2.75, 3.05) is 16.6 Å². The van der Waals surface area contributed by atoms with Crippen molar-refractivity contribution in [2.45, 2.75) is 26.6 Å². The molecule has 1 aromatic heterocycles. The van der Waals surface area contributed by atoms with Crippen molar-refractivity contribution in [2.24, 2.45) is 0 Å². The van der Waals surface area contributed by atoms with Gasteiger partial charge in [0.15, 0.2) is 11.3 Å². The monoisotopic (exact) mass is 645 g/mol. The molecule has 5 aromatic rings. The van der Waals surface area contributed by atoms with E-state index in [1.807, 2.05) is 67.6 Å². The number of aryl methyl sites for hydroxylation is 1. The second-order valence-electron chi connectivity index (χ2n) is 10.2. The molecule has 1 fully saturated rings. The maximum atomic E-state index is 14.0. The molecule has 0 N–H and O–H groups in total. The van der Waals surface area contributed by atoms with Gasteiger partial charge in [0.1, 0.15) is 19.0 Å². The Morgan fingerprint density at radius 2 is 1.55 bits per heavy atom. The molecule has 6 rings (SSSR count). The van der Waals surface area contributed by atoms with Crippen LogP contribution in [0.4, 0.5) is 5.69 Å². The normalized spacial score (nSPS) is 14.3. The summed E-state index contributed by atoms with van der Waals surface area (Å²) in [5.41, 5.74) is 3.44. The van der Waals surface area contributed by atoms with E-state index in [2.05, 4.69) is 15.9 Å². The number of nitrogens with zero attached hydrogens (tertiary/aromatic N) is 1. The Hall–Kier alpha value is -4.08. The van der Waals surface area contributed by atoms with E-state index in [1.165, 1.54) is 4.31 Å². The molecular weight excluding hydrogens is 618 g/mol. The third-order valence-electron chi connectivity index (χ3n) is 7.10. The van der Waals surface area contributed by atoms with Gasteiger partial charge in [0.05, 0.1) is 21.3 Å². The highest BCUT2D eigenvalue weighted by Crippen LogP contribution is 2.40. The van der Waals surface area contributed by atoms with Gasteiger partial charge in [0, 0.05) is 12.1 Å². The summed E-state index contributed by atoms with van der Waals surface area (Å²) in [6.45, 7) is 2.70. The topological polar surface area (TPSA) is 86.1 Å². The number of ether oxygens (including phenoxy) is 2. The van der Waals surface area contributed by atoms with Gasteiger partial charge >= 0.3 is 0 Å². The highest BCUT2D eigenvalue weighted by molar-refractivity contribution is 9.10. The van der Waals surface area contributed by atoms with Gasteiger partial charge in [0.2, 0.25) is 21.2 Å². The quantitative estimate of drug-likeness (QED) is 0.177. The lowest BCUT2D eigenvalue weighted by molar-refractivity contribution is 0.297. The highest BCUT2D eigenvalue weighted by atomic mass is 79.9. The lowest BCUT2D eigenvalue weighted by Crippen LogP contribution is -2.25. The molecule has 7 nitrogen and oxygen atoms in total. The number of halogens is 1. The van der Waals surface area contributed by atoms with Gasteiger partial charge in [-0.05, 0) is 76.3 Å². The third-order valence-corrected chi connectivity index (χ3v) is 9.58. The molecule has 1 aliphatic rings. The molecule has 1 aliphatic heterocycles. The van der Waals surface area contributed by atoms with E-state index >= 15 is 0 Å². The van der Waals surface area contributed by atoms with E-state index < -0.39 is 10.0 Å². The molecule has 0 bridgehead atoms. The van der Waals surface area contributed by atoms with Crippen LogP contribution in [0.3, 0.4) is 0 Å². The van der Waals surface area contributed by atoms with Crippen LogP contribution in [-0.4, -0.2) is 20.7 Å². The fraction of sp³-hybridized carbons (Fsp3) is 0.182. The zero-order valence-electron chi connectivity index (χ0n) is 22.9. The molecule has 0 unspecified atom stereocenters. The zero-order valence-corrected chi connectivity index (χ0v) is 25.3. The van der Waals surface area contributed by atoms with Crippen LogP contribution in [0.2, 0.25) is 0 Å². The van der Waals surface area contributed by atoms with Crippen molar-refractivity contribution in [1.29, 1.82) is 0 Å². The van der Waals surface area contributed by atoms with Crippen molar-refractivity contribution >= 4 is 42.6 Å². The van der Waals surface area contributed by atoms with Gasteiger partial charge in [-0.3, -0.25) is 9.10 Å². The summed E-state index contributed by atoms with van der Waals surface area (Å²) in [6.07, 6.45) is 0.504. The summed E-state index contributed by atoms with van der Waals surface area (Å²) in [5, 5.41) is 0.265. The van der Waals surface area contributed by atoms with Crippen molar-refractivity contribution in [3.63, 3.8) is 0 Å². The summed E-state index contributed by atoms with van der Waals surface area (Å²) in [7, 11) is -3.52. The molecule has 0 saturated carbocycles. The molecule has 42 heavy (non-hydrogen) atoms. The van der Waals surface area contributed by atoms with Crippen molar-refractivity contribution in [3.05, 3.63) is 122 Å². The average Bonchev–Trinajstić information content (AvgIpc) is 3.35. The number of rotatable bonds is 8. The molecule has 214 valence electrons. The Bertz CT molecular complexity index is 1920. The predicted octanol–water partition coefficient (Wildman–Crippen LogP) is 7.23. The Labute approximate surface area is 252 Å². The van der Waals surface area contributed by atoms with E-state index in [1.54, 1.807) is 30.3 Å². The van der Waals surface area contributed by atoms with Crippen LogP contribution < -0.4 is 19.2 Å². The molecule has 0 aliphatic carbocycles. The lowest BCUT2D eigenvalue weighted by atomic mass is 10.1. The van der Waals surface area contributed by atoms with Gasteiger partial charge in [-0.25, -0.2) is 8.42 Å². The molecular formula is C33H28BrNO6S. The van der Waals surface area contributed by atoms with Crippen molar-refractivity contribution in [3.8, 4) is 22.8 Å². The fourth-order valence-electron chi connectivity index (χ4n) is 5.04. The van der Waals surface area contributed by atoms with Crippen molar-refractivity contribution < 1.29 is 22.3 Å². The van der Waals surface area contributed by atoms with Gasteiger partial charge in [-0.15, -0.1) is 0 Å². The molecule has 0 spiro atoms. The average molecular weight is 647 g/mol. The summed E-state index contributed by atoms with van der Waals surface area (Å²) in [4.78, 5) is 14.0. The first-order valence-corrected chi connectivity index (χ1v) is 16.0. The number of hydrogen-bond acceptors (Lipinski definition) is 6. The SMILES string of the molecule is Cc1cc(N2CCCS2(=O)=O)c2oc(-c3ccc(OCc4ccccc4)c(Br)c3)c(OCc3ccccc3)c(=O)c2c1. The minimum absolute atomic E-state index is 0.0508. The van der Waals surface area contributed by atoms with Crippen LogP contribution >= 0.6 is 15.9 Å². The van der Waals surface area contributed by atoms with Crippen LogP contribution in [0.1, 0.15) is 23.1 Å². The first-order chi connectivity index (χ1) is 20.3. The number of fused-ring (bicyclic) bond motifs is 1. The van der Waals surface area contributed by atoms with Crippen LogP contribution in [0.5, 0.6) is 11.5 Å². The third kappa shape index (κ3) is 5.67. The van der Waals surface area contributed by atoms with E-state index in [-0.39, 0.29) is 40.3 Å². The highest BCUT2D eigenvalue weighted by Gasteiger charge is 2.32. The molecule has 0 atom stereocenters. The molecule has 0 amide bonds. The maximum absolute atomic E-state index is 14.0. The van der Waals surface area contributed by atoms with Crippen LogP contribution in [0, 0.1) is 6.92 Å². The lowest BCUT2D eigenvalue weighted by Gasteiger charge is -2.20. The summed E-state index contributed by atoms with van der Waals surface area (Å²) in [6, 6.07) is 28.3. The van der Waals surface area contributed by atoms with Crippen LogP contribution in [-0.2, 0) is 23.2 Å². The van der Waals surface area contributed by atoms with Gasteiger partial charge < -0.3 is 13.9 Å². The molecule has 4 aromatic carbocycles. The molecule has 0 radical (unpaired) electrons. The first-order valence-electron chi connectivity index (χ1n) is 13.6. The fourth-order valence-corrected chi connectivity index (χ4v) is 7.09. The standard InChI is InChI=1S/C33H28BrNO6S/c1-22-17-26-30(36)33(40-21-24-11-6-3-7-12-24)31(41-32(26)28(18-22)35-15-8-16-42(35,37)38)25-13-14-29(27(34)19-25)39-20-23-9-4-2-5-10-23/h2-7,9-14,17-19H,8,15-16,20-21H2,1H3. The Kier molecular flexibility index (Phi) is 7.79. The van der Waals surface area contributed by atoms with Gasteiger partial charge in [0.25, 0.3) is 0 Å². The summed E-state index contributed by atoms with van der Waals surface area (Å²) >= 11 is 3.61.